The number of nitrogens with zero attached hydrogens (tertiary/aromatic N) is 6. The Bertz CT molecular complexity index is 1720. The van der Waals surface area contributed by atoms with E-state index in [0.29, 0.717) is 54.3 Å². The minimum atomic E-state index is -3.83. The smallest absolute Gasteiger partial charge is 0.263 e. The lowest BCUT2D eigenvalue weighted by atomic mass is 10.2. The Morgan fingerprint density at radius 2 is 1.77 bits per heavy atom. The van der Waals surface area contributed by atoms with E-state index in [1.165, 1.54) is 35.1 Å². The highest BCUT2D eigenvalue weighted by atomic mass is 32.2. The van der Waals surface area contributed by atoms with Crippen molar-refractivity contribution in [3.05, 3.63) is 89.5 Å². The maximum atomic E-state index is 12.7. The number of carbonyl (C=O) groups excluding carboxylic acids is 1. The fourth-order valence-corrected chi connectivity index (χ4v) is 5.16. The maximum absolute atomic E-state index is 12.7. The number of hydrogen-bond donors (Lipinski definition) is 1. The summed E-state index contributed by atoms with van der Waals surface area (Å²) in [5.74, 6) is 0.216. The van der Waals surface area contributed by atoms with Gasteiger partial charge in [0, 0.05) is 25.5 Å². The van der Waals surface area contributed by atoms with E-state index in [0.717, 1.165) is 6.29 Å². The van der Waals surface area contributed by atoms with Crippen molar-refractivity contribution in [3.63, 3.8) is 0 Å². The van der Waals surface area contributed by atoms with Gasteiger partial charge in [-0.1, -0.05) is 35.6 Å². The summed E-state index contributed by atoms with van der Waals surface area (Å²) in [7, 11) is -3.83. The highest BCUT2D eigenvalue weighted by Gasteiger charge is 2.16. The molecule has 39 heavy (non-hydrogen) atoms. The van der Waals surface area contributed by atoms with Crippen LogP contribution in [0.15, 0.2) is 94.4 Å². The van der Waals surface area contributed by atoms with Crippen molar-refractivity contribution in [2.45, 2.75) is 4.90 Å². The number of hydrogen-bond acceptors (Lipinski definition) is 10. The number of para-hydroxylation sites is 2. The van der Waals surface area contributed by atoms with Gasteiger partial charge in [0.15, 0.2) is 10.9 Å². The number of sulfonamides is 1. The molecular weight excluding hydrogens is 538 g/mol. The number of allylic oxidation sites excluding steroid dienone is 1. The molecule has 0 unspecified atom stereocenters. The first-order valence-corrected chi connectivity index (χ1v) is 13.8. The van der Waals surface area contributed by atoms with Crippen molar-refractivity contribution in [1.82, 2.24) is 19.5 Å². The minimum absolute atomic E-state index is 0.0456. The minimum Gasteiger partial charge on any atom is -0.378 e. The van der Waals surface area contributed by atoms with Gasteiger partial charge in [0.05, 0.1) is 40.4 Å². The molecule has 4 aromatic rings. The number of nitrogens with one attached hydrogen (secondary N) is 1. The Balaban J connectivity index is 1.47. The first kappa shape index (κ1) is 26.3. The highest BCUT2D eigenvalue weighted by molar-refractivity contribution is 7.92. The molecule has 1 N–H and O–H groups in total. The number of fused-ring (bicyclic) bond motifs is 1. The first-order chi connectivity index (χ1) is 18.9. The molecule has 0 atom stereocenters. The van der Waals surface area contributed by atoms with E-state index in [1.807, 2.05) is 17.0 Å². The molecule has 198 valence electrons. The van der Waals surface area contributed by atoms with Gasteiger partial charge in [-0.05, 0) is 48.5 Å². The summed E-state index contributed by atoms with van der Waals surface area (Å²) in [4.78, 5) is 22.7. The average Bonchev–Trinajstić information content (AvgIpc) is 2.96. The van der Waals surface area contributed by atoms with Crippen LogP contribution in [0.5, 0.6) is 0 Å². The third-order valence-corrected chi connectivity index (χ3v) is 7.54. The molecule has 11 nitrogen and oxygen atoms in total. The van der Waals surface area contributed by atoms with Crippen LogP contribution in [0.3, 0.4) is 0 Å². The van der Waals surface area contributed by atoms with Crippen LogP contribution in [0.2, 0.25) is 0 Å². The average molecular weight is 562 g/mol. The van der Waals surface area contributed by atoms with Crippen LogP contribution in [0, 0.1) is 4.64 Å². The summed E-state index contributed by atoms with van der Waals surface area (Å²) < 4.78 is 34.8. The second-order valence-corrected chi connectivity index (χ2v) is 10.5. The van der Waals surface area contributed by atoms with Gasteiger partial charge >= 0.3 is 0 Å². The molecule has 5 rings (SSSR count). The summed E-state index contributed by atoms with van der Waals surface area (Å²) >= 11 is 5.69. The molecule has 0 spiro atoms. The predicted octanol–water partition coefficient (Wildman–Crippen LogP) is 4.38. The molecule has 1 saturated heterocycles. The topological polar surface area (TPSA) is 131 Å². The van der Waals surface area contributed by atoms with E-state index < -0.39 is 10.0 Å². The van der Waals surface area contributed by atoms with Crippen LogP contribution in [0.25, 0.3) is 16.6 Å². The van der Waals surface area contributed by atoms with Gasteiger partial charge in [-0.3, -0.25) is 9.52 Å². The number of aldehydes is 1. The number of ether oxygens (including phenoxy) is 1. The van der Waals surface area contributed by atoms with E-state index in [1.54, 1.807) is 36.5 Å². The fourth-order valence-electron chi connectivity index (χ4n) is 3.85. The van der Waals surface area contributed by atoms with Gasteiger partial charge in [-0.15, -0.1) is 5.11 Å². The van der Waals surface area contributed by atoms with Gasteiger partial charge in [-0.25, -0.2) is 18.4 Å². The summed E-state index contributed by atoms with van der Waals surface area (Å²) in [6, 6.07) is 18.1. The molecule has 0 amide bonds. The molecule has 0 saturated carbocycles. The van der Waals surface area contributed by atoms with Crippen LogP contribution >= 0.6 is 12.2 Å². The lowest BCUT2D eigenvalue weighted by Gasteiger charge is -2.25. The number of morpholine rings is 1. The number of anilines is 1. The summed E-state index contributed by atoms with van der Waals surface area (Å²) in [5.41, 5.74) is 2.22. The second kappa shape index (κ2) is 11.6. The standard InChI is InChI=1S/C26H23N7O4S2/c34-18-19(17-32-13-15-37-16-14-32)25-26(38)33(23-6-2-1-5-22(23)28-25)31-29-20-8-10-21(11-9-20)39(35,36)30-24-7-3-4-12-27-24/h1-12,17-18H,13-16H2,(H,27,30)/b19-17+,31-29?. The predicted molar refractivity (Wildman–Crippen MR) is 148 cm³/mol. The Kier molecular flexibility index (Phi) is 7.81. The molecule has 1 aliphatic heterocycles. The molecule has 2 aromatic heterocycles. The van der Waals surface area contributed by atoms with Crippen molar-refractivity contribution < 1.29 is 17.9 Å². The van der Waals surface area contributed by atoms with E-state index in [2.05, 4.69) is 25.0 Å². The van der Waals surface area contributed by atoms with E-state index in [-0.39, 0.29) is 15.4 Å². The van der Waals surface area contributed by atoms with Gasteiger partial charge in [0.2, 0.25) is 0 Å². The Labute approximate surface area is 229 Å². The molecule has 2 aromatic carbocycles. The van der Waals surface area contributed by atoms with Gasteiger partial charge in [0.25, 0.3) is 10.0 Å². The molecule has 1 fully saturated rings. The van der Waals surface area contributed by atoms with Crippen LogP contribution in [0.1, 0.15) is 5.69 Å². The number of pyridine rings is 1. The maximum Gasteiger partial charge on any atom is 0.263 e. The van der Waals surface area contributed by atoms with Crippen LogP contribution in [-0.2, 0) is 19.6 Å². The second-order valence-electron chi connectivity index (χ2n) is 8.42. The van der Waals surface area contributed by atoms with Gasteiger partial charge in [0.1, 0.15) is 11.5 Å². The van der Waals surface area contributed by atoms with E-state index in [4.69, 9.17) is 17.0 Å². The summed E-state index contributed by atoms with van der Waals surface area (Å²) in [6.07, 6.45) is 3.96. The summed E-state index contributed by atoms with van der Waals surface area (Å²) in [6.45, 7) is 2.45. The van der Waals surface area contributed by atoms with Gasteiger partial charge < -0.3 is 9.64 Å². The molecule has 13 heteroatoms. The van der Waals surface area contributed by atoms with Crippen LogP contribution in [-0.4, -0.2) is 60.6 Å². The first-order valence-electron chi connectivity index (χ1n) is 11.9. The quantitative estimate of drug-likeness (QED) is 0.145. The molecule has 0 bridgehead atoms. The van der Waals surface area contributed by atoms with Crippen LogP contribution < -0.4 is 4.72 Å². The number of benzene rings is 2. The zero-order valence-corrected chi connectivity index (χ0v) is 22.2. The van der Waals surface area contributed by atoms with Crippen molar-refractivity contribution >= 4 is 56.6 Å². The SMILES string of the molecule is O=C/C(=C\N1CCOCC1)c1nc2ccccc2n(N=Nc2ccc(S(=O)(=O)Nc3ccccn3)cc2)c1=S. The van der Waals surface area contributed by atoms with Crippen molar-refractivity contribution in [2.75, 3.05) is 31.0 Å². The summed E-state index contributed by atoms with van der Waals surface area (Å²) in [5, 5.41) is 8.60. The largest absolute Gasteiger partial charge is 0.378 e. The van der Waals surface area contributed by atoms with Gasteiger partial charge in [-0.2, -0.15) is 4.68 Å². The highest BCUT2D eigenvalue weighted by Crippen LogP contribution is 2.23. The molecule has 0 aliphatic carbocycles. The normalized spacial score (nSPS) is 14.6. The van der Waals surface area contributed by atoms with Crippen molar-refractivity contribution in [1.29, 1.82) is 0 Å². The Hall–Kier alpha value is -4.33. The Morgan fingerprint density at radius 3 is 2.49 bits per heavy atom. The van der Waals surface area contributed by atoms with Crippen molar-refractivity contribution in [3.8, 4) is 0 Å². The zero-order chi connectivity index (χ0) is 27.2. The number of aromatic nitrogens is 3. The zero-order valence-electron chi connectivity index (χ0n) is 20.5. The number of rotatable bonds is 8. The lowest BCUT2D eigenvalue weighted by Crippen LogP contribution is -2.32. The molecule has 1 aliphatic rings. The van der Waals surface area contributed by atoms with Crippen LogP contribution in [0.4, 0.5) is 11.5 Å². The third-order valence-electron chi connectivity index (χ3n) is 5.81. The third kappa shape index (κ3) is 6.06. The number of carbonyl (C=O) groups is 1. The molecule has 0 radical (unpaired) electrons. The lowest BCUT2D eigenvalue weighted by molar-refractivity contribution is -0.103. The molecule has 3 heterocycles. The molecular formula is C26H23N7O4S2. The monoisotopic (exact) mass is 561 g/mol. The fraction of sp³-hybridized carbons (Fsp3) is 0.154. The Morgan fingerprint density at radius 1 is 1.03 bits per heavy atom. The van der Waals surface area contributed by atoms with E-state index >= 15 is 0 Å². The van der Waals surface area contributed by atoms with Crippen molar-refractivity contribution in [2.24, 2.45) is 10.3 Å². The van der Waals surface area contributed by atoms with E-state index in [9.17, 15) is 13.2 Å².